The Labute approximate surface area is 119 Å². The van der Waals surface area contributed by atoms with Crippen LogP contribution in [0.3, 0.4) is 0 Å². The first-order chi connectivity index (χ1) is 9.49. The summed E-state index contributed by atoms with van der Waals surface area (Å²) in [6.07, 6.45) is 1.80. The Kier molecular flexibility index (Phi) is 4.02. The number of benzene rings is 1. The molecule has 0 radical (unpaired) electrons. The molecule has 4 nitrogen and oxygen atoms in total. The first-order valence-corrected chi connectivity index (χ1v) is 7.18. The predicted molar refractivity (Wildman–Crippen MR) is 83.6 cm³/mol. The first kappa shape index (κ1) is 14.4. The van der Waals surface area contributed by atoms with Crippen LogP contribution in [0.2, 0.25) is 0 Å². The number of hydrogen-bond donors (Lipinski definition) is 1. The van der Waals surface area contributed by atoms with Crippen LogP contribution in [0.25, 0.3) is 5.69 Å². The molecule has 0 aliphatic carbocycles. The highest BCUT2D eigenvalue weighted by Crippen LogP contribution is 2.17. The molecule has 0 spiro atoms. The zero-order valence-corrected chi connectivity index (χ0v) is 12.7. The zero-order valence-electron chi connectivity index (χ0n) is 12.7. The molecule has 108 valence electrons. The molecule has 0 aliphatic rings. The quantitative estimate of drug-likeness (QED) is 0.931. The van der Waals surface area contributed by atoms with Gasteiger partial charge in [0.2, 0.25) is 0 Å². The number of aromatic nitrogens is 2. The molecule has 0 atom stereocenters. The van der Waals surface area contributed by atoms with Crippen molar-refractivity contribution in [2.75, 3.05) is 5.73 Å². The summed E-state index contributed by atoms with van der Waals surface area (Å²) >= 11 is 0. The van der Waals surface area contributed by atoms with E-state index in [0.717, 1.165) is 41.9 Å². The van der Waals surface area contributed by atoms with Crippen LogP contribution in [-0.4, -0.2) is 9.36 Å². The van der Waals surface area contributed by atoms with Crippen molar-refractivity contribution in [1.82, 2.24) is 9.36 Å². The lowest BCUT2D eigenvalue weighted by atomic mass is 10.1. The standard InChI is InChI=1S/C16H23N3O/c1-5-7-14-15(17)16(20)19(18(14)6-2)13-9-11(3)8-12(4)10-13/h8-10H,5-7,17H2,1-4H3. The molecule has 0 amide bonds. The SMILES string of the molecule is CCCc1c(N)c(=O)n(-c2cc(C)cc(C)c2)n1CC. The Hall–Kier alpha value is -1.97. The molecule has 1 aromatic carbocycles. The van der Waals surface area contributed by atoms with E-state index in [-0.39, 0.29) is 5.56 Å². The fourth-order valence-electron chi connectivity index (χ4n) is 2.77. The summed E-state index contributed by atoms with van der Waals surface area (Å²) in [7, 11) is 0. The Morgan fingerprint density at radius 3 is 2.20 bits per heavy atom. The molecule has 2 aromatic rings. The summed E-state index contributed by atoms with van der Waals surface area (Å²) in [5.74, 6) is 0. The minimum absolute atomic E-state index is 0.111. The third-order valence-corrected chi connectivity index (χ3v) is 3.52. The van der Waals surface area contributed by atoms with E-state index in [1.807, 2.05) is 37.6 Å². The molecule has 2 rings (SSSR count). The molecule has 0 unspecified atom stereocenters. The van der Waals surface area contributed by atoms with E-state index < -0.39 is 0 Å². The van der Waals surface area contributed by atoms with Crippen LogP contribution >= 0.6 is 0 Å². The van der Waals surface area contributed by atoms with E-state index in [0.29, 0.717) is 5.69 Å². The monoisotopic (exact) mass is 273 g/mol. The fourth-order valence-corrected chi connectivity index (χ4v) is 2.77. The van der Waals surface area contributed by atoms with Crippen LogP contribution in [0.1, 0.15) is 37.1 Å². The number of hydrogen-bond acceptors (Lipinski definition) is 2. The first-order valence-electron chi connectivity index (χ1n) is 7.18. The number of rotatable bonds is 4. The Bertz CT molecular complexity index is 660. The lowest BCUT2D eigenvalue weighted by Gasteiger charge is -2.14. The van der Waals surface area contributed by atoms with E-state index in [1.165, 1.54) is 0 Å². The normalized spacial score (nSPS) is 11.0. The molecule has 0 saturated heterocycles. The molecular formula is C16H23N3O. The van der Waals surface area contributed by atoms with Crippen molar-refractivity contribution >= 4 is 5.69 Å². The van der Waals surface area contributed by atoms with Crippen molar-refractivity contribution in [3.05, 3.63) is 45.4 Å². The van der Waals surface area contributed by atoms with Gasteiger partial charge in [0.15, 0.2) is 0 Å². The lowest BCUT2D eigenvalue weighted by molar-refractivity contribution is 0.545. The fraction of sp³-hybridized carbons (Fsp3) is 0.438. The Morgan fingerprint density at radius 1 is 1.10 bits per heavy atom. The van der Waals surface area contributed by atoms with Crippen molar-refractivity contribution < 1.29 is 0 Å². The van der Waals surface area contributed by atoms with Crippen molar-refractivity contribution in [1.29, 1.82) is 0 Å². The van der Waals surface area contributed by atoms with Crippen LogP contribution in [-0.2, 0) is 13.0 Å². The predicted octanol–water partition coefficient (Wildman–Crippen LogP) is 2.81. The summed E-state index contributed by atoms with van der Waals surface area (Å²) in [4.78, 5) is 12.5. The largest absolute Gasteiger partial charge is 0.393 e. The lowest BCUT2D eigenvalue weighted by Crippen LogP contribution is -2.22. The van der Waals surface area contributed by atoms with Gasteiger partial charge in [0.25, 0.3) is 5.56 Å². The maximum atomic E-state index is 12.5. The number of aryl methyl sites for hydroxylation is 2. The van der Waals surface area contributed by atoms with Gasteiger partial charge >= 0.3 is 0 Å². The second kappa shape index (κ2) is 5.57. The summed E-state index contributed by atoms with van der Waals surface area (Å²) in [6, 6.07) is 6.15. The van der Waals surface area contributed by atoms with Crippen LogP contribution < -0.4 is 11.3 Å². The van der Waals surface area contributed by atoms with Crippen molar-refractivity contribution in [2.24, 2.45) is 0 Å². The summed E-state index contributed by atoms with van der Waals surface area (Å²) < 4.78 is 3.70. The molecule has 0 bridgehead atoms. The molecule has 1 aromatic heterocycles. The van der Waals surface area contributed by atoms with Gasteiger partial charge in [0, 0.05) is 6.54 Å². The molecule has 0 aliphatic heterocycles. The van der Waals surface area contributed by atoms with Crippen molar-refractivity contribution in [2.45, 2.75) is 47.1 Å². The number of nitrogen functional groups attached to an aromatic ring is 1. The van der Waals surface area contributed by atoms with Gasteiger partial charge in [-0.1, -0.05) is 19.4 Å². The van der Waals surface area contributed by atoms with Crippen LogP contribution in [0, 0.1) is 13.8 Å². The summed E-state index contributed by atoms with van der Waals surface area (Å²) in [6.45, 7) is 8.94. The van der Waals surface area contributed by atoms with E-state index in [1.54, 1.807) is 4.68 Å². The minimum Gasteiger partial charge on any atom is -0.393 e. The van der Waals surface area contributed by atoms with Gasteiger partial charge in [-0.05, 0) is 50.5 Å². The minimum atomic E-state index is -0.111. The van der Waals surface area contributed by atoms with Gasteiger partial charge in [-0.2, -0.15) is 0 Å². The molecule has 0 saturated carbocycles. The van der Waals surface area contributed by atoms with Gasteiger partial charge < -0.3 is 5.73 Å². The smallest absolute Gasteiger partial charge is 0.294 e. The Balaban J connectivity index is 2.73. The molecule has 2 N–H and O–H groups in total. The van der Waals surface area contributed by atoms with Gasteiger partial charge in [-0.3, -0.25) is 9.48 Å². The maximum absolute atomic E-state index is 12.5. The van der Waals surface area contributed by atoms with Gasteiger partial charge in [0.05, 0.1) is 11.4 Å². The van der Waals surface area contributed by atoms with Gasteiger partial charge in [-0.25, -0.2) is 4.68 Å². The highest BCUT2D eigenvalue weighted by atomic mass is 16.1. The molecule has 20 heavy (non-hydrogen) atoms. The average Bonchev–Trinajstić information content (AvgIpc) is 2.62. The van der Waals surface area contributed by atoms with E-state index >= 15 is 0 Å². The second-order valence-corrected chi connectivity index (χ2v) is 5.29. The van der Waals surface area contributed by atoms with Crippen LogP contribution in [0.5, 0.6) is 0 Å². The highest BCUT2D eigenvalue weighted by Gasteiger charge is 2.17. The zero-order chi connectivity index (χ0) is 14.9. The van der Waals surface area contributed by atoms with Crippen LogP contribution in [0.15, 0.2) is 23.0 Å². The highest BCUT2D eigenvalue weighted by molar-refractivity contribution is 5.47. The molecule has 1 heterocycles. The third kappa shape index (κ3) is 2.38. The molecular weight excluding hydrogens is 250 g/mol. The Morgan fingerprint density at radius 2 is 1.70 bits per heavy atom. The molecule has 0 fully saturated rings. The number of anilines is 1. The number of nitrogens with zero attached hydrogens (tertiary/aromatic N) is 2. The van der Waals surface area contributed by atoms with Crippen molar-refractivity contribution in [3.8, 4) is 5.69 Å². The average molecular weight is 273 g/mol. The van der Waals surface area contributed by atoms with E-state index in [9.17, 15) is 4.79 Å². The third-order valence-electron chi connectivity index (χ3n) is 3.52. The van der Waals surface area contributed by atoms with Gasteiger partial charge in [-0.15, -0.1) is 0 Å². The second-order valence-electron chi connectivity index (χ2n) is 5.29. The maximum Gasteiger partial charge on any atom is 0.294 e. The number of nitrogens with two attached hydrogens (primary N) is 1. The molecule has 4 heteroatoms. The van der Waals surface area contributed by atoms with E-state index in [2.05, 4.69) is 13.0 Å². The summed E-state index contributed by atoms with van der Waals surface area (Å²) in [5, 5.41) is 0. The van der Waals surface area contributed by atoms with Crippen molar-refractivity contribution in [3.63, 3.8) is 0 Å². The van der Waals surface area contributed by atoms with Gasteiger partial charge in [0.1, 0.15) is 5.69 Å². The topological polar surface area (TPSA) is 53.0 Å². The summed E-state index contributed by atoms with van der Waals surface area (Å²) in [5.41, 5.74) is 10.4. The van der Waals surface area contributed by atoms with E-state index in [4.69, 9.17) is 5.73 Å². The van der Waals surface area contributed by atoms with Crippen LogP contribution in [0.4, 0.5) is 5.69 Å².